The molecule has 0 amide bonds. The fraction of sp³-hybridized carbons (Fsp3) is 0. The van der Waals surface area contributed by atoms with Crippen LogP contribution < -0.4 is 0 Å². The number of aromatic nitrogens is 6. The van der Waals surface area contributed by atoms with Crippen molar-refractivity contribution in [2.75, 3.05) is 0 Å². The topological polar surface area (TPSA) is 57.6 Å². The van der Waals surface area contributed by atoms with E-state index in [1.165, 1.54) is 21.9 Å². The van der Waals surface area contributed by atoms with Crippen LogP contribution in [0.25, 0.3) is 88.9 Å². The molecule has 5 aromatic carbocycles. The molecule has 0 spiro atoms. The molecule has 11 aromatic rings. The van der Waals surface area contributed by atoms with Crippen molar-refractivity contribution < 1.29 is 4.42 Å². The summed E-state index contributed by atoms with van der Waals surface area (Å²) in [6, 6.07) is 44.9. The molecule has 6 aromatic heterocycles. The summed E-state index contributed by atoms with van der Waals surface area (Å²) in [6.45, 7) is 0. The first-order chi connectivity index (χ1) is 22.3. The number of rotatable bonds is 2. The monoisotopic (exact) mass is 578 g/mol. The highest BCUT2D eigenvalue weighted by molar-refractivity contribution is 6.03. The first kappa shape index (κ1) is 23.2. The summed E-state index contributed by atoms with van der Waals surface area (Å²) in [5.74, 6) is 0.578. The van der Waals surface area contributed by atoms with Gasteiger partial charge in [0.15, 0.2) is 0 Å². The summed E-state index contributed by atoms with van der Waals surface area (Å²) < 4.78 is 15.3. The predicted molar refractivity (Wildman–Crippen MR) is 180 cm³/mol. The lowest BCUT2D eigenvalue weighted by molar-refractivity contribution is 0.651. The van der Waals surface area contributed by atoms with Crippen LogP contribution in [-0.2, 0) is 0 Å². The molecule has 7 heteroatoms. The average Bonchev–Trinajstić information content (AvgIpc) is 3.87. The summed E-state index contributed by atoms with van der Waals surface area (Å²) in [5.41, 5.74) is 11.4. The van der Waals surface area contributed by atoms with Crippen LogP contribution in [0.1, 0.15) is 0 Å². The molecule has 0 saturated carbocycles. The molecule has 0 bridgehead atoms. The highest BCUT2D eigenvalue weighted by Gasteiger charge is 2.20. The molecule has 0 aliphatic heterocycles. The fourth-order valence-electron chi connectivity index (χ4n) is 7.31. The standard InChI is InChI=1S/C38H22N6O/c1-3-11-28-23(9-1)19-35-41(29-12-4-5-13-30(29)42(28)35)25-18-17-24-20-36-43(33(24)21-25)31-14-6-7-15-32(31)44(36)38-39-22-27-26-10-2-8-16-34(26)45-37(27)40-38/h1-22H. The zero-order valence-corrected chi connectivity index (χ0v) is 23.8. The highest BCUT2D eigenvalue weighted by Crippen LogP contribution is 2.35. The van der Waals surface area contributed by atoms with Gasteiger partial charge in [0.25, 0.3) is 0 Å². The zero-order chi connectivity index (χ0) is 29.2. The average molecular weight is 579 g/mol. The van der Waals surface area contributed by atoms with E-state index in [1.54, 1.807) is 0 Å². The normalized spacial score (nSPS) is 12.4. The van der Waals surface area contributed by atoms with E-state index in [2.05, 4.69) is 121 Å². The maximum absolute atomic E-state index is 6.15. The largest absolute Gasteiger partial charge is 0.438 e. The lowest BCUT2D eigenvalue weighted by atomic mass is 10.2. The Morgan fingerprint density at radius 1 is 0.489 bits per heavy atom. The Morgan fingerprint density at radius 2 is 1.11 bits per heavy atom. The number of hydrogen-bond acceptors (Lipinski definition) is 3. The molecule has 0 aliphatic rings. The van der Waals surface area contributed by atoms with Gasteiger partial charge in [0, 0.05) is 28.0 Å². The fourth-order valence-corrected chi connectivity index (χ4v) is 7.31. The number of hydrogen-bond donors (Lipinski definition) is 0. The number of furan rings is 1. The van der Waals surface area contributed by atoms with Crippen LogP contribution in [-0.4, -0.2) is 27.9 Å². The molecule has 0 unspecified atom stereocenters. The Bertz CT molecular complexity index is 3000. The van der Waals surface area contributed by atoms with Gasteiger partial charge < -0.3 is 4.42 Å². The van der Waals surface area contributed by atoms with Crippen LogP contribution in [0.4, 0.5) is 0 Å². The Kier molecular flexibility index (Phi) is 4.21. The third kappa shape index (κ3) is 2.94. The SMILES string of the molecule is c1ccc2c(c1)cc1n(-c3ccc4cc5n(-c6ncc7c(n6)oc6ccccc67)c6ccccc6n5c4c3)c3ccccc3n21. The second kappa shape index (κ2) is 8.18. The highest BCUT2D eigenvalue weighted by atomic mass is 16.3. The molecule has 0 aliphatic carbocycles. The molecule has 0 saturated heterocycles. The van der Waals surface area contributed by atoms with E-state index in [1.807, 2.05) is 30.5 Å². The van der Waals surface area contributed by atoms with E-state index in [-0.39, 0.29) is 0 Å². The summed E-state index contributed by atoms with van der Waals surface area (Å²) in [4.78, 5) is 9.80. The van der Waals surface area contributed by atoms with Gasteiger partial charge in [-0.3, -0.25) is 17.9 Å². The summed E-state index contributed by atoms with van der Waals surface area (Å²) in [7, 11) is 0. The van der Waals surface area contributed by atoms with Gasteiger partial charge in [-0.05, 0) is 60.7 Å². The Morgan fingerprint density at radius 3 is 1.93 bits per heavy atom. The lowest BCUT2D eigenvalue weighted by Gasteiger charge is -2.07. The van der Waals surface area contributed by atoms with Crippen molar-refractivity contribution in [2.24, 2.45) is 0 Å². The molecule has 0 fully saturated rings. The molecular formula is C38H22N6O. The van der Waals surface area contributed by atoms with Crippen molar-refractivity contribution in [2.45, 2.75) is 0 Å². The second-order valence-corrected chi connectivity index (χ2v) is 11.6. The molecule has 0 radical (unpaired) electrons. The molecule has 0 atom stereocenters. The van der Waals surface area contributed by atoms with Crippen molar-refractivity contribution in [3.63, 3.8) is 0 Å². The van der Waals surface area contributed by atoms with Gasteiger partial charge in [0.2, 0.25) is 11.7 Å². The molecular weight excluding hydrogens is 556 g/mol. The molecule has 11 rings (SSSR count). The van der Waals surface area contributed by atoms with E-state index in [4.69, 9.17) is 14.4 Å². The smallest absolute Gasteiger partial charge is 0.239 e. The van der Waals surface area contributed by atoms with Crippen molar-refractivity contribution in [1.82, 2.24) is 27.9 Å². The van der Waals surface area contributed by atoms with Crippen molar-refractivity contribution in [1.29, 1.82) is 0 Å². The van der Waals surface area contributed by atoms with Crippen LogP contribution in [0.15, 0.2) is 138 Å². The van der Waals surface area contributed by atoms with E-state index in [0.29, 0.717) is 11.7 Å². The van der Waals surface area contributed by atoms with Gasteiger partial charge in [-0.25, -0.2) is 4.98 Å². The van der Waals surface area contributed by atoms with Gasteiger partial charge in [0.05, 0.1) is 38.5 Å². The maximum Gasteiger partial charge on any atom is 0.239 e. The van der Waals surface area contributed by atoms with Gasteiger partial charge in [-0.1, -0.05) is 66.7 Å². The number of nitrogens with zero attached hydrogens (tertiary/aromatic N) is 6. The van der Waals surface area contributed by atoms with E-state index in [9.17, 15) is 0 Å². The molecule has 210 valence electrons. The van der Waals surface area contributed by atoms with E-state index in [0.717, 1.165) is 55.3 Å². The predicted octanol–water partition coefficient (Wildman–Crippen LogP) is 9.08. The first-order valence-electron chi connectivity index (χ1n) is 15.0. The summed E-state index contributed by atoms with van der Waals surface area (Å²) >= 11 is 0. The maximum atomic E-state index is 6.15. The number of benzene rings is 5. The lowest BCUT2D eigenvalue weighted by Crippen LogP contribution is -2.00. The van der Waals surface area contributed by atoms with Crippen molar-refractivity contribution in [3.05, 3.63) is 134 Å². The summed E-state index contributed by atoms with van der Waals surface area (Å²) in [6.07, 6.45) is 1.87. The minimum absolute atomic E-state index is 0.578. The first-order valence-corrected chi connectivity index (χ1v) is 15.0. The third-order valence-corrected chi connectivity index (χ3v) is 9.23. The van der Waals surface area contributed by atoms with Gasteiger partial charge in [-0.2, -0.15) is 4.98 Å². The molecule has 0 N–H and O–H groups in total. The number of fused-ring (bicyclic) bond motifs is 13. The van der Waals surface area contributed by atoms with E-state index >= 15 is 0 Å². The summed E-state index contributed by atoms with van der Waals surface area (Å²) in [5, 5.41) is 4.30. The van der Waals surface area contributed by atoms with Gasteiger partial charge in [-0.15, -0.1) is 0 Å². The Hall–Kier alpha value is -6.34. The zero-order valence-electron chi connectivity index (χ0n) is 23.8. The molecule has 45 heavy (non-hydrogen) atoms. The number of imidazole rings is 2. The van der Waals surface area contributed by atoms with Crippen LogP contribution in [0.3, 0.4) is 0 Å². The van der Waals surface area contributed by atoms with Crippen LogP contribution in [0.2, 0.25) is 0 Å². The Labute approximate surface area is 254 Å². The third-order valence-electron chi connectivity index (χ3n) is 9.23. The van der Waals surface area contributed by atoms with Gasteiger partial charge in [0.1, 0.15) is 16.9 Å². The van der Waals surface area contributed by atoms with Crippen LogP contribution in [0.5, 0.6) is 0 Å². The van der Waals surface area contributed by atoms with Crippen LogP contribution in [0, 0.1) is 0 Å². The minimum atomic E-state index is 0.578. The van der Waals surface area contributed by atoms with Crippen molar-refractivity contribution >= 4 is 77.2 Å². The van der Waals surface area contributed by atoms with Crippen LogP contribution >= 0.6 is 0 Å². The quantitative estimate of drug-likeness (QED) is 0.206. The second-order valence-electron chi connectivity index (χ2n) is 11.6. The Balaban J connectivity index is 1.20. The van der Waals surface area contributed by atoms with E-state index < -0.39 is 0 Å². The van der Waals surface area contributed by atoms with Gasteiger partial charge >= 0.3 is 0 Å². The number of para-hydroxylation sites is 6. The molecule has 7 nitrogen and oxygen atoms in total. The molecule has 6 heterocycles. The van der Waals surface area contributed by atoms with Crippen molar-refractivity contribution in [3.8, 4) is 11.6 Å². The minimum Gasteiger partial charge on any atom is -0.438 e.